The molecule has 140 valence electrons. The van der Waals surface area contributed by atoms with Gasteiger partial charge >= 0.3 is 5.97 Å². The summed E-state index contributed by atoms with van der Waals surface area (Å²) in [5, 5.41) is 11.8. The number of carbonyl (C=O) groups is 2. The summed E-state index contributed by atoms with van der Waals surface area (Å²) in [6, 6.07) is 7.91. The molecule has 0 radical (unpaired) electrons. The third-order valence-corrected chi connectivity index (χ3v) is 4.99. The van der Waals surface area contributed by atoms with E-state index >= 15 is 0 Å². The fourth-order valence-corrected chi connectivity index (χ4v) is 3.16. The zero-order chi connectivity index (χ0) is 18.9. The summed E-state index contributed by atoms with van der Waals surface area (Å²) >= 11 is 0. The molecule has 0 saturated carbocycles. The van der Waals surface area contributed by atoms with Crippen LogP contribution in [0.4, 0.5) is 0 Å². The van der Waals surface area contributed by atoms with Crippen molar-refractivity contribution >= 4 is 21.9 Å². The van der Waals surface area contributed by atoms with Crippen molar-refractivity contribution in [1.82, 2.24) is 10.0 Å². The molecule has 0 heterocycles. The van der Waals surface area contributed by atoms with E-state index in [9.17, 15) is 23.1 Å². The Kier molecular flexibility index (Phi) is 8.53. The molecule has 3 N–H and O–H groups in total. The van der Waals surface area contributed by atoms with E-state index in [-0.39, 0.29) is 5.75 Å². The third kappa shape index (κ3) is 7.63. The SMILES string of the molecule is COCCCS(=O)(=O)NCC(=O)NC(c1ccccc1)C(C)C(=O)O. The maximum Gasteiger partial charge on any atom is 0.308 e. The fraction of sp³-hybridized carbons (Fsp3) is 0.500. The van der Waals surface area contributed by atoms with Gasteiger partial charge in [0, 0.05) is 13.7 Å². The molecule has 0 spiro atoms. The van der Waals surface area contributed by atoms with Crippen LogP contribution in [0.2, 0.25) is 0 Å². The van der Waals surface area contributed by atoms with E-state index in [1.54, 1.807) is 30.3 Å². The van der Waals surface area contributed by atoms with Crippen molar-refractivity contribution in [2.45, 2.75) is 19.4 Å². The molecule has 0 aliphatic heterocycles. The number of methoxy groups -OCH3 is 1. The number of amides is 1. The van der Waals surface area contributed by atoms with Crippen molar-refractivity contribution < 1.29 is 27.9 Å². The van der Waals surface area contributed by atoms with E-state index in [0.29, 0.717) is 18.6 Å². The Balaban J connectivity index is 2.68. The van der Waals surface area contributed by atoms with Gasteiger partial charge in [0.15, 0.2) is 0 Å². The van der Waals surface area contributed by atoms with Gasteiger partial charge in [0.05, 0.1) is 24.3 Å². The van der Waals surface area contributed by atoms with Crippen LogP contribution in [0, 0.1) is 5.92 Å². The highest BCUT2D eigenvalue weighted by Crippen LogP contribution is 2.21. The standard InChI is InChI=1S/C16H24N2O6S/c1-12(16(20)21)15(13-7-4-3-5-8-13)18-14(19)11-17-25(22,23)10-6-9-24-2/h3-5,7-8,12,15,17H,6,9-11H2,1-2H3,(H,18,19)(H,20,21). The van der Waals surface area contributed by atoms with Crippen molar-refractivity contribution in [1.29, 1.82) is 0 Å². The van der Waals surface area contributed by atoms with Gasteiger partial charge in [-0.2, -0.15) is 0 Å². The Morgan fingerprint density at radius 3 is 2.44 bits per heavy atom. The molecule has 8 nitrogen and oxygen atoms in total. The largest absolute Gasteiger partial charge is 0.481 e. The van der Waals surface area contributed by atoms with Crippen molar-refractivity contribution in [3.8, 4) is 0 Å². The minimum atomic E-state index is -3.59. The molecule has 1 aromatic carbocycles. The number of benzene rings is 1. The Morgan fingerprint density at radius 1 is 1.24 bits per heavy atom. The zero-order valence-electron chi connectivity index (χ0n) is 14.3. The molecular formula is C16H24N2O6S. The lowest BCUT2D eigenvalue weighted by molar-refractivity contribution is -0.142. The van der Waals surface area contributed by atoms with Crippen LogP contribution in [-0.2, 0) is 24.3 Å². The molecule has 1 rings (SSSR count). The van der Waals surface area contributed by atoms with Gasteiger partial charge in [0.25, 0.3) is 0 Å². The fourth-order valence-electron chi connectivity index (χ4n) is 2.17. The smallest absolute Gasteiger partial charge is 0.308 e. The number of aliphatic carboxylic acids is 1. The molecular weight excluding hydrogens is 348 g/mol. The number of sulfonamides is 1. The van der Waals surface area contributed by atoms with Crippen LogP contribution in [-0.4, -0.2) is 51.4 Å². The van der Waals surface area contributed by atoms with E-state index in [2.05, 4.69) is 10.0 Å². The summed E-state index contributed by atoms with van der Waals surface area (Å²) in [5.74, 6) is -2.68. The monoisotopic (exact) mass is 372 g/mol. The van der Waals surface area contributed by atoms with E-state index in [0.717, 1.165) is 0 Å². The van der Waals surface area contributed by atoms with Crippen molar-refractivity contribution in [3.05, 3.63) is 35.9 Å². The minimum absolute atomic E-state index is 0.151. The maximum absolute atomic E-state index is 12.1. The Bertz CT molecular complexity index is 662. The first-order valence-electron chi connectivity index (χ1n) is 7.80. The lowest BCUT2D eigenvalue weighted by atomic mass is 9.94. The van der Waals surface area contributed by atoms with Gasteiger partial charge in [0.2, 0.25) is 15.9 Å². The van der Waals surface area contributed by atoms with Gasteiger partial charge in [-0.15, -0.1) is 0 Å². The predicted octanol–water partition coefficient (Wildman–Crippen LogP) is 0.521. The first-order chi connectivity index (χ1) is 11.8. The topological polar surface area (TPSA) is 122 Å². The van der Waals surface area contributed by atoms with E-state index < -0.39 is 40.4 Å². The molecule has 0 fully saturated rings. The first-order valence-corrected chi connectivity index (χ1v) is 9.45. The van der Waals surface area contributed by atoms with Gasteiger partial charge in [-0.1, -0.05) is 30.3 Å². The number of hydrogen-bond donors (Lipinski definition) is 3. The van der Waals surface area contributed by atoms with E-state index in [1.807, 2.05) is 0 Å². The molecule has 0 aliphatic rings. The number of rotatable bonds is 11. The Morgan fingerprint density at radius 2 is 1.88 bits per heavy atom. The van der Waals surface area contributed by atoms with Crippen molar-refractivity contribution in [2.24, 2.45) is 5.92 Å². The van der Waals surface area contributed by atoms with Gasteiger partial charge in [-0.05, 0) is 18.9 Å². The Labute approximate surface area is 147 Å². The zero-order valence-corrected chi connectivity index (χ0v) is 15.1. The summed E-state index contributed by atoms with van der Waals surface area (Å²) in [7, 11) is -2.12. The highest BCUT2D eigenvalue weighted by Gasteiger charge is 2.27. The van der Waals surface area contributed by atoms with Crippen LogP contribution in [0.5, 0.6) is 0 Å². The molecule has 9 heteroatoms. The number of carboxylic acid groups (broad SMARTS) is 1. The summed E-state index contributed by atoms with van der Waals surface area (Å²) in [6.45, 7) is 1.33. The summed E-state index contributed by atoms with van der Waals surface area (Å²) < 4.78 is 30.5. The molecule has 0 saturated heterocycles. The lowest BCUT2D eigenvalue weighted by Crippen LogP contribution is -2.42. The highest BCUT2D eigenvalue weighted by molar-refractivity contribution is 7.89. The third-order valence-electron chi connectivity index (χ3n) is 3.58. The number of carboxylic acids is 1. The number of carbonyl (C=O) groups excluding carboxylic acids is 1. The molecule has 2 unspecified atom stereocenters. The quantitative estimate of drug-likeness (QED) is 0.487. The van der Waals surface area contributed by atoms with Crippen LogP contribution < -0.4 is 10.0 Å². The number of nitrogens with one attached hydrogen (secondary N) is 2. The minimum Gasteiger partial charge on any atom is -0.481 e. The van der Waals surface area contributed by atoms with Gasteiger partial charge in [-0.3, -0.25) is 9.59 Å². The maximum atomic E-state index is 12.1. The van der Waals surface area contributed by atoms with Crippen LogP contribution in [0.25, 0.3) is 0 Å². The van der Waals surface area contributed by atoms with Crippen LogP contribution in [0.3, 0.4) is 0 Å². The van der Waals surface area contributed by atoms with Crippen LogP contribution in [0.1, 0.15) is 24.9 Å². The second kappa shape index (κ2) is 10.1. The van der Waals surface area contributed by atoms with E-state index in [4.69, 9.17) is 4.74 Å². The average molecular weight is 372 g/mol. The lowest BCUT2D eigenvalue weighted by Gasteiger charge is -2.23. The summed E-state index contributed by atoms with van der Waals surface area (Å²) in [6.07, 6.45) is 0.316. The molecule has 0 bridgehead atoms. The van der Waals surface area contributed by atoms with Gasteiger partial charge in [-0.25, -0.2) is 13.1 Å². The van der Waals surface area contributed by atoms with Crippen molar-refractivity contribution in [3.63, 3.8) is 0 Å². The normalized spacial score (nSPS) is 13.8. The molecule has 1 aromatic rings. The van der Waals surface area contributed by atoms with Gasteiger partial charge < -0.3 is 15.2 Å². The molecule has 0 aromatic heterocycles. The highest BCUT2D eigenvalue weighted by atomic mass is 32.2. The van der Waals surface area contributed by atoms with E-state index in [1.165, 1.54) is 14.0 Å². The van der Waals surface area contributed by atoms with Crippen LogP contribution in [0.15, 0.2) is 30.3 Å². The average Bonchev–Trinajstić information content (AvgIpc) is 2.58. The first kappa shape index (κ1) is 21.1. The number of ether oxygens (including phenoxy) is 1. The predicted molar refractivity (Wildman–Crippen MR) is 92.4 cm³/mol. The summed E-state index contributed by atoms with van der Waals surface area (Å²) in [4.78, 5) is 23.4. The second-order valence-electron chi connectivity index (χ2n) is 5.57. The molecule has 25 heavy (non-hydrogen) atoms. The molecule has 0 aliphatic carbocycles. The van der Waals surface area contributed by atoms with Crippen molar-refractivity contribution in [2.75, 3.05) is 26.0 Å². The molecule has 2 atom stereocenters. The van der Waals surface area contributed by atoms with Crippen LogP contribution >= 0.6 is 0 Å². The second-order valence-corrected chi connectivity index (χ2v) is 7.50. The van der Waals surface area contributed by atoms with Gasteiger partial charge in [0.1, 0.15) is 0 Å². The number of hydrogen-bond acceptors (Lipinski definition) is 5. The Hall–Kier alpha value is -1.97. The molecule has 1 amide bonds. The summed E-state index contributed by atoms with van der Waals surface area (Å²) in [5.41, 5.74) is 0.633.